The van der Waals surface area contributed by atoms with Gasteiger partial charge >= 0.3 is 11.8 Å². The highest BCUT2D eigenvalue weighted by molar-refractivity contribution is 6.35. The average molecular weight is 455 g/mol. The van der Waals surface area contributed by atoms with E-state index in [0.29, 0.717) is 30.9 Å². The van der Waals surface area contributed by atoms with Crippen LogP contribution in [0.25, 0.3) is 0 Å². The Morgan fingerprint density at radius 2 is 1.76 bits per heavy atom. The van der Waals surface area contributed by atoms with Crippen LogP contribution < -0.4 is 20.8 Å². The first-order chi connectivity index (χ1) is 15.9. The van der Waals surface area contributed by atoms with Gasteiger partial charge in [-0.25, -0.2) is 5.43 Å². The Kier molecular flexibility index (Phi) is 10.6. The third-order valence-electron chi connectivity index (χ3n) is 4.33. The maximum Gasteiger partial charge on any atom is 0.329 e. The van der Waals surface area contributed by atoms with Crippen LogP contribution in [0.1, 0.15) is 31.4 Å². The first-order valence-corrected chi connectivity index (χ1v) is 10.7. The van der Waals surface area contributed by atoms with Gasteiger partial charge in [-0.1, -0.05) is 30.3 Å². The molecule has 0 fully saturated rings. The molecule has 9 nitrogen and oxygen atoms in total. The molecule has 2 aromatic rings. The first kappa shape index (κ1) is 25.5. The van der Waals surface area contributed by atoms with Gasteiger partial charge in [0.2, 0.25) is 0 Å². The van der Waals surface area contributed by atoms with Gasteiger partial charge in [-0.2, -0.15) is 5.10 Å². The standard InChI is InChI=1S/C24H30N4O5/c1-17(2)32-14-8-13-25-23(30)24(31)28-26-15-19-10-5-7-12-21(19)33-16-22(29)27-20-11-6-4-9-18(20)3/h4-7,9-12,15,17H,8,13-14,16H2,1-3H3,(H,25,30)(H,27,29)(H,28,31)/b26-15-. The predicted octanol–water partition coefficient (Wildman–Crippen LogP) is 2.39. The number of hydrogen-bond donors (Lipinski definition) is 3. The Balaban J connectivity index is 1.80. The van der Waals surface area contributed by atoms with Gasteiger partial charge in [-0.05, 0) is 51.0 Å². The lowest BCUT2D eigenvalue weighted by Gasteiger charge is -2.11. The fourth-order valence-electron chi connectivity index (χ4n) is 2.65. The Hall–Kier alpha value is -3.72. The summed E-state index contributed by atoms with van der Waals surface area (Å²) in [6.07, 6.45) is 2.06. The summed E-state index contributed by atoms with van der Waals surface area (Å²) in [6.45, 7) is 6.37. The molecule has 3 amide bonds. The molecule has 9 heteroatoms. The number of para-hydroxylation sites is 2. The second kappa shape index (κ2) is 13.6. The van der Waals surface area contributed by atoms with Crippen LogP contribution in [0.15, 0.2) is 53.6 Å². The SMILES string of the molecule is Cc1ccccc1NC(=O)COc1ccccc1/C=N\NC(=O)C(=O)NCCCOC(C)C. The zero-order valence-corrected chi connectivity index (χ0v) is 19.1. The summed E-state index contributed by atoms with van der Waals surface area (Å²) in [5.41, 5.74) is 4.37. The molecular weight excluding hydrogens is 424 g/mol. The number of amides is 3. The molecule has 0 spiro atoms. The monoisotopic (exact) mass is 454 g/mol. The van der Waals surface area contributed by atoms with Crippen molar-refractivity contribution >= 4 is 29.6 Å². The van der Waals surface area contributed by atoms with Gasteiger partial charge in [0, 0.05) is 24.4 Å². The first-order valence-electron chi connectivity index (χ1n) is 10.7. The van der Waals surface area contributed by atoms with Gasteiger partial charge in [0.1, 0.15) is 5.75 Å². The van der Waals surface area contributed by atoms with Gasteiger partial charge in [-0.15, -0.1) is 0 Å². The minimum absolute atomic E-state index is 0.118. The summed E-state index contributed by atoms with van der Waals surface area (Å²) in [4.78, 5) is 35.9. The molecule has 0 heterocycles. The van der Waals surface area contributed by atoms with Crippen molar-refractivity contribution in [2.75, 3.05) is 25.1 Å². The summed E-state index contributed by atoms with van der Waals surface area (Å²) in [7, 11) is 0. The summed E-state index contributed by atoms with van der Waals surface area (Å²) in [5, 5.41) is 9.10. The number of nitrogens with zero attached hydrogens (tertiary/aromatic N) is 1. The second-order valence-corrected chi connectivity index (χ2v) is 7.42. The van der Waals surface area contributed by atoms with Crippen molar-refractivity contribution in [3.05, 3.63) is 59.7 Å². The number of carbonyl (C=O) groups is 3. The topological polar surface area (TPSA) is 118 Å². The highest BCUT2D eigenvalue weighted by Crippen LogP contribution is 2.16. The van der Waals surface area contributed by atoms with E-state index >= 15 is 0 Å². The zero-order chi connectivity index (χ0) is 24.1. The maximum atomic E-state index is 12.2. The third kappa shape index (κ3) is 9.53. The molecule has 0 aliphatic carbocycles. The largest absolute Gasteiger partial charge is 0.483 e. The lowest BCUT2D eigenvalue weighted by Crippen LogP contribution is -2.38. The van der Waals surface area contributed by atoms with Crippen LogP contribution in [0.3, 0.4) is 0 Å². The third-order valence-corrected chi connectivity index (χ3v) is 4.33. The van der Waals surface area contributed by atoms with E-state index in [1.807, 2.05) is 45.0 Å². The minimum atomic E-state index is -0.882. The Labute approximate surface area is 193 Å². The number of nitrogens with one attached hydrogen (secondary N) is 3. The summed E-state index contributed by atoms with van der Waals surface area (Å²) < 4.78 is 11.0. The number of aryl methyl sites for hydroxylation is 1. The molecule has 0 aliphatic rings. The van der Waals surface area contributed by atoms with Crippen LogP contribution >= 0.6 is 0 Å². The number of anilines is 1. The maximum absolute atomic E-state index is 12.2. The number of carbonyl (C=O) groups excluding carboxylic acids is 3. The predicted molar refractivity (Wildman–Crippen MR) is 126 cm³/mol. The molecule has 2 rings (SSSR count). The summed E-state index contributed by atoms with van der Waals surface area (Å²) in [5.74, 6) is -1.56. The Bertz CT molecular complexity index is 975. The smallest absolute Gasteiger partial charge is 0.329 e. The summed E-state index contributed by atoms with van der Waals surface area (Å²) in [6, 6.07) is 14.3. The van der Waals surface area contributed by atoms with E-state index in [1.54, 1.807) is 24.3 Å². The highest BCUT2D eigenvalue weighted by Gasteiger charge is 2.12. The molecule has 3 N–H and O–H groups in total. The van der Waals surface area contributed by atoms with Crippen LogP contribution in [0.2, 0.25) is 0 Å². The molecule has 176 valence electrons. The van der Waals surface area contributed by atoms with Crippen LogP contribution in [-0.2, 0) is 19.1 Å². The van der Waals surface area contributed by atoms with E-state index in [4.69, 9.17) is 9.47 Å². The van der Waals surface area contributed by atoms with E-state index < -0.39 is 11.8 Å². The second-order valence-electron chi connectivity index (χ2n) is 7.42. The van der Waals surface area contributed by atoms with Gasteiger partial charge in [0.25, 0.3) is 5.91 Å². The van der Waals surface area contributed by atoms with Crippen molar-refractivity contribution in [2.24, 2.45) is 5.10 Å². The lowest BCUT2D eigenvalue weighted by molar-refractivity contribution is -0.139. The molecule has 33 heavy (non-hydrogen) atoms. The van der Waals surface area contributed by atoms with Crippen LogP contribution in [0.5, 0.6) is 5.75 Å². The van der Waals surface area contributed by atoms with Crippen molar-refractivity contribution in [3.63, 3.8) is 0 Å². The van der Waals surface area contributed by atoms with Crippen molar-refractivity contribution in [1.82, 2.24) is 10.7 Å². The lowest BCUT2D eigenvalue weighted by atomic mass is 10.2. The molecule has 2 aromatic carbocycles. The van der Waals surface area contributed by atoms with E-state index in [2.05, 4.69) is 21.2 Å². The van der Waals surface area contributed by atoms with E-state index in [1.165, 1.54) is 6.21 Å². The van der Waals surface area contributed by atoms with Crippen molar-refractivity contribution in [2.45, 2.75) is 33.3 Å². The fraction of sp³-hybridized carbons (Fsp3) is 0.333. The van der Waals surface area contributed by atoms with E-state index in [-0.39, 0.29) is 18.6 Å². The number of hydrogen-bond acceptors (Lipinski definition) is 6. The zero-order valence-electron chi connectivity index (χ0n) is 19.1. The average Bonchev–Trinajstić information content (AvgIpc) is 2.79. The Morgan fingerprint density at radius 1 is 1.03 bits per heavy atom. The quantitative estimate of drug-likeness (QED) is 0.209. The van der Waals surface area contributed by atoms with Crippen LogP contribution in [0.4, 0.5) is 5.69 Å². The van der Waals surface area contributed by atoms with Gasteiger partial charge in [0.05, 0.1) is 12.3 Å². The van der Waals surface area contributed by atoms with E-state index in [9.17, 15) is 14.4 Å². The fourth-order valence-corrected chi connectivity index (χ4v) is 2.65. The number of benzene rings is 2. The van der Waals surface area contributed by atoms with Crippen LogP contribution in [0, 0.1) is 6.92 Å². The van der Waals surface area contributed by atoms with Crippen molar-refractivity contribution in [3.8, 4) is 5.75 Å². The van der Waals surface area contributed by atoms with Crippen molar-refractivity contribution < 1.29 is 23.9 Å². The van der Waals surface area contributed by atoms with Gasteiger partial charge < -0.3 is 20.1 Å². The molecule has 0 bridgehead atoms. The minimum Gasteiger partial charge on any atom is -0.483 e. The molecule has 0 atom stereocenters. The molecule has 0 unspecified atom stereocenters. The van der Waals surface area contributed by atoms with Gasteiger partial charge in [0.15, 0.2) is 6.61 Å². The van der Waals surface area contributed by atoms with Crippen LogP contribution in [-0.4, -0.2) is 49.8 Å². The number of hydrazone groups is 1. The summed E-state index contributed by atoms with van der Waals surface area (Å²) >= 11 is 0. The Morgan fingerprint density at radius 3 is 2.52 bits per heavy atom. The van der Waals surface area contributed by atoms with Crippen molar-refractivity contribution in [1.29, 1.82) is 0 Å². The molecule has 0 saturated heterocycles. The number of rotatable bonds is 11. The number of ether oxygens (including phenoxy) is 2. The molecule has 0 aromatic heterocycles. The molecule has 0 radical (unpaired) electrons. The van der Waals surface area contributed by atoms with Gasteiger partial charge in [-0.3, -0.25) is 14.4 Å². The molecular formula is C24H30N4O5. The van der Waals surface area contributed by atoms with E-state index in [0.717, 1.165) is 11.3 Å². The highest BCUT2D eigenvalue weighted by atomic mass is 16.5. The molecule has 0 saturated carbocycles. The normalized spacial score (nSPS) is 10.8. The molecule has 0 aliphatic heterocycles.